The van der Waals surface area contributed by atoms with Crippen molar-refractivity contribution in [1.29, 1.82) is 5.26 Å². The predicted octanol–water partition coefficient (Wildman–Crippen LogP) is 2.93. The first-order valence-corrected chi connectivity index (χ1v) is 8.94. The van der Waals surface area contributed by atoms with Gasteiger partial charge in [0.15, 0.2) is 0 Å². The molecule has 0 saturated heterocycles. The van der Waals surface area contributed by atoms with Gasteiger partial charge < -0.3 is 20.1 Å². The van der Waals surface area contributed by atoms with Crippen molar-refractivity contribution < 1.29 is 14.3 Å². The quantitative estimate of drug-likeness (QED) is 0.792. The summed E-state index contributed by atoms with van der Waals surface area (Å²) in [5.74, 6) is 1.03. The standard InChI is InChI=1S/C19H19N3O3S/c1-24-13-4-5-16(25-2)12(9-13)3-6-18(23)22-19-15(10-20)14-7-8-21-11-17(14)26-19/h3-6,9,21H,7-8,11H2,1-2H3,(H,22,23)/b6-3-. The number of rotatable bonds is 5. The molecule has 0 unspecified atom stereocenters. The van der Waals surface area contributed by atoms with Crippen LogP contribution in [0.5, 0.6) is 11.5 Å². The van der Waals surface area contributed by atoms with Crippen molar-refractivity contribution >= 4 is 28.3 Å². The number of carbonyl (C=O) groups excluding carboxylic acids is 1. The lowest BCUT2D eigenvalue weighted by Gasteiger charge is -2.11. The number of carbonyl (C=O) groups is 1. The second-order valence-corrected chi connectivity index (χ2v) is 6.78. The van der Waals surface area contributed by atoms with Crippen LogP contribution in [-0.2, 0) is 17.8 Å². The summed E-state index contributed by atoms with van der Waals surface area (Å²) < 4.78 is 10.5. The van der Waals surface area contributed by atoms with Crippen LogP contribution in [-0.4, -0.2) is 26.7 Å². The van der Waals surface area contributed by atoms with E-state index in [1.807, 2.05) is 0 Å². The number of amides is 1. The number of nitrogens with one attached hydrogen (secondary N) is 2. The van der Waals surface area contributed by atoms with Crippen molar-refractivity contribution in [2.24, 2.45) is 0 Å². The molecule has 0 aliphatic carbocycles. The van der Waals surface area contributed by atoms with Crippen LogP contribution in [0.25, 0.3) is 6.08 Å². The molecule has 1 aromatic carbocycles. The van der Waals surface area contributed by atoms with Gasteiger partial charge in [-0.3, -0.25) is 4.79 Å². The zero-order valence-electron chi connectivity index (χ0n) is 14.6. The number of fused-ring (bicyclic) bond motifs is 1. The second kappa shape index (κ2) is 8.04. The molecule has 0 bridgehead atoms. The minimum atomic E-state index is -0.294. The van der Waals surface area contributed by atoms with Gasteiger partial charge in [0.25, 0.3) is 0 Å². The van der Waals surface area contributed by atoms with E-state index in [2.05, 4.69) is 16.7 Å². The van der Waals surface area contributed by atoms with E-state index in [-0.39, 0.29) is 5.91 Å². The third-order valence-corrected chi connectivity index (χ3v) is 5.28. The highest BCUT2D eigenvalue weighted by Crippen LogP contribution is 2.34. The Morgan fingerprint density at radius 1 is 1.38 bits per heavy atom. The molecular weight excluding hydrogens is 350 g/mol. The lowest BCUT2D eigenvalue weighted by Crippen LogP contribution is -2.22. The van der Waals surface area contributed by atoms with Crippen molar-refractivity contribution in [3.63, 3.8) is 0 Å². The average Bonchev–Trinajstić information content (AvgIpc) is 3.02. The number of nitriles is 1. The van der Waals surface area contributed by atoms with Gasteiger partial charge in [0.2, 0.25) is 5.91 Å². The minimum absolute atomic E-state index is 0.294. The van der Waals surface area contributed by atoms with Gasteiger partial charge in [0.05, 0.1) is 19.8 Å². The van der Waals surface area contributed by atoms with Crippen LogP contribution in [0.4, 0.5) is 5.00 Å². The molecule has 7 heteroatoms. The van der Waals surface area contributed by atoms with E-state index < -0.39 is 0 Å². The Hall–Kier alpha value is -2.82. The number of anilines is 1. The van der Waals surface area contributed by atoms with Crippen LogP contribution < -0.4 is 20.1 Å². The smallest absolute Gasteiger partial charge is 0.249 e. The Morgan fingerprint density at radius 3 is 2.96 bits per heavy atom. The highest BCUT2D eigenvalue weighted by Gasteiger charge is 2.21. The maximum Gasteiger partial charge on any atom is 0.249 e. The summed E-state index contributed by atoms with van der Waals surface area (Å²) in [5, 5.41) is 16.2. The van der Waals surface area contributed by atoms with Gasteiger partial charge in [0, 0.05) is 23.1 Å². The van der Waals surface area contributed by atoms with Gasteiger partial charge in [-0.15, -0.1) is 11.3 Å². The van der Waals surface area contributed by atoms with Crippen molar-refractivity contribution in [1.82, 2.24) is 5.32 Å². The first-order valence-electron chi connectivity index (χ1n) is 8.12. The molecule has 0 fully saturated rings. The van der Waals surface area contributed by atoms with E-state index in [0.717, 1.165) is 35.5 Å². The molecule has 0 spiro atoms. The monoisotopic (exact) mass is 369 g/mol. The fraction of sp³-hybridized carbons (Fsp3) is 0.263. The number of benzene rings is 1. The fourth-order valence-electron chi connectivity index (χ4n) is 2.83. The van der Waals surface area contributed by atoms with Gasteiger partial charge >= 0.3 is 0 Å². The molecule has 0 radical (unpaired) electrons. The van der Waals surface area contributed by atoms with E-state index in [1.165, 1.54) is 17.4 Å². The van der Waals surface area contributed by atoms with Gasteiger partial charge in [0.1, 0.15) is 22.6 Å². The zero-order chi connectivity index (χ0) is 18.5. The maximum absolute atomic E-state index is 12.3. The van der Waals surface area contributed by atoms with Crippen LogP contribution in [0.15, 0.2) is 24.3 Å². The molecule has 1 aromatic heterocycles. The van der Waals surface area contributed by atoms with Gasteiger partial charge in [-0.2, -0.15) is 5.26 Å². The SMILES string of the molecule is COc1ccc(OC)c(/C=C\C(=O)Nc2sc3c(c2C#N)CCNC3)c1. The summed E-state index contributed by atoms with van der Waals surface area (Å²) in [6.07, 6.45) is 3.90. The number of ether oxygens (including phenoxy) is 2. The molecule has 3 rings (SSSR count). The second-order valence-electron chi connectivity index (χ2n) is 5.68. The molecule has 1 amide bonds. The summed E-state index contributed by atoms with van der Waals surface area (Å²) in [6, 6.07) is 7.59. The summed E-state index contributed by atoms with van der Waals surface area (Å²) in [4.78, 5) is 13.4. The van der Waals surface area contributed by atoms with E-state index in [9.17, 15) is 10.1 Å². The number of thiophene rings is 1. The first kappa shape index (κ1) is 18.0. The summed E-state index contributed by atoms with van der Waals surface area (Å²) in [6.45, 7) is 1.59. The van der Waals surface area contributed by atoms with Crippen LogP contribution in [0.3, 0.4) is 0 Å². The number of hydrogen-bond donors (Lipinski definition) is 2. The Kier molecular flexibility index (Phi) is 5.56. The molecular formula is C19H19N3O3S. The molecule has 26 heavy (non-hydrogen) atoms. The number of hydrogen-bond acceptors (Lipinski definition) is 6. The van der Waals surface area contributed by atoms with E-state index >= 15 is 0 Å². The normalized spacial score (nSPS) is 13.1. The average molecular weight is 369 g/mol. The van der Waals surface area contributed by atoms with Gasteiger partial charge in [-0.05, 0) is 42.8 Å². The van der Waals surface area contributed by atoms with E-state index in [4.69, 9.17) is 9.47 Å². The molecule has 0 saturated carbocycles. The molecule has 2 aromatic rings. The highest BCUT2D eigenvalue weighted by atomic mass is 32.1. The predicted molar refractivity (Wildman–Crippen MR) is 102 cm³/mol. The summed E-state index contributed by atoms with van der Waals surface area (Å²) >= 11 is 1.45. The van der Waals surface area contributed by atoms with Crippen LogP contribution >= 0.6 is 11.3 Å². The molecule has 1 aliphatic rings. The third kappa shape index (κ3) is 3.72. The Bertz CT molecular complexity index is 896. The highest BCUT2D eigenvalue weighted by molar-refractivity contribution is 7.16. The van der Waals surface area contributed by atoms with Gasteiger partial charge in [-0.25, -0.2) is 0 Å². The molecule has 0 atom stereocenters. The number of nitrogens with zero attached hydrogens (tertiary/aromatic N) is 1. The van der Waals surface area contributed by atoms with E-state index in [0.29, 0.717) is 22.1 Å². The molecule has 6 nitrogen and oxygen atoms in total. The van der Waals surface area contributed by atoms with Gasteiger partial charge in [-0.1, -0.05) is 0 Å². The van der Waals surface area contributed by atoms with Crippen LogP contribution in [0.2, 0.25) is 0 Å². The lowest BCUT2D eigenvalue weighted by atomic mass is 10.1. The van der Waals surface area contributed by atoms with Crippen molar-refractivity contribution in [2.75, 3.05) is 26.1 Å². The Morgan fingerprint density at radius 2 is 2.23 bits per heavy atom. The number of methoxy groups -OCH3 is 2. The van der Waals surface area contributed by atoms with Crippen molar-refractivity contribution in [3.8, 4) is 17.6 Å². The first-order chi connectivity index (χ1) is 12.7. The molecule has 2 heterocycles. The third-order valence-electron chi connectivity index (χ3n) is 4.13. The topological polar surface area (TPSA) is 83.4 Å². The fourth-order valence-corrected chi connectivity index (χ4v) is 4.00. The molecule has 134 valence electrons. The maximum atomic E-state index is 12.3. The zero-order valence-corrected chi connectivity index (χ0v) is 15.4. The summed E-state index contributed by atoms with van der Waals surface area (Å²) in [7, 11) is 3.15. The molecule has 2 N–H and O–H groups in total. The Balaban J connectivity index is 1.79. The summed E-state index contributed by atoms with van der Waals surface area (Å²) in [5.41, 5.74) is 2.36. The van der Waals surface area contributed by atoms with Crippen molar-refractivity contribution in [2.45, 2.75) is 13.0 Å². The lowest BCUT2D eigenvalue weighted by molar-refractivity contribution is -0.111. The van der Waals surface area contributed by atoms with E-state index in [1.54, 1.807) is 38.5 Å². The van der Waals surface area contributed by atoms with Crippen LogP contribution in [0.1, 0.15) is 21.6 Å². The minimum Gasteiger partial charge on any atom is -0.497 e. The van der Waals surface area contributed by atoms with Crippen molar-refractivity contribution in [3.05, 3.63) is 45.8 Å². The Labute approximate surface area is 156 Å². The molecule has 1 aliphatic heterocycles. The largest absolute Gasteiger partial charge is 0.497 e. The van der Waals surface area contributed by atoms with Crippen LogP contribution in [0, 0.1) is 11.3 Å².